The van der Waals surface area contributed by atoms with Gasteiger partial charge in [-0.25, -0.2) is 19.3 Å². The Labute approximate surface area is 221 Å². The van der Waals surface area contributed by atoms with E-state index in [1.165, 1.54) is 18.5 Å². The third kappa shape index (κ3) is 4.29. The second kappa shape index (κ2) is 9.20. The molecule has 10 heteroatoms. The van der Waals surface area contributed by atoms with E-state index in [1.807, 2.05) is 0 Å². The van der Waals surface area contributed by atoms with Crippen molar-refractivity contribution in [3.8, 4) is 22.8 Å². The predicted octanol–water partition coefficient (Wildman–Crippen LogP) is 3.78. The fraction of sp³-hybridized carbons (Fsp3) is 0.536. The van der Waals surface area contributed by atoms with Crippen LogP contribution in [0, 0.1) is 17.2 Å². The number of ether oxygens (including phenoxy) is 1. The molecule has 4 aliphatic rings. The molecule has 0 bridgehead atoms. The zero-order valence-corrected chi connectivity index (χ0v) is 21.6. The van der Waals surface area contributed by atoms with E-state index >= 15 is 0 Å². The van der Waals surface area contributed by atoms with Gasteiger partial charge in [0.2, 0.25) is 0 Å². The SMILES string of the molecule is C[C@@H](C1CC(N)C1)N1CC2(CCN(c3ncnnc3Oc3ccc(F)cc3-c3cncnc3C3CC3)C2)C1. The van der Waals surface area contributed by atoms with Gasteiger partial charge in [0.05, 0.1) is 5.69 Å². The van der Waals surface area contributed by atoms with Crippen molar-refractivity contribution in [3.05, 3.63) is 48.6 Å². The quantitative estimate of drug-likeness (QED) is 0.502. The van der Waals surface area contributed by atoms with Crippen LogP contribution in [0.25, 0.3) is 11.1 Å². The first-order valence-electron chi connectivity index (χ1n) is 13.7. The molecule has 4 heterocycles. The van der Waals surface area contributed by atoms with Gasteiger partial charge in [-0.2, -0.15) is 0 Å². The van der Waals surface area contributed by atoms with E-state index in [1.54, 1.807) is 18.6 Å². The highest BCUT2D eigenvalue weighted by Crippen LogP contribution is 2.47. The number of aromatic nitrogens is 5. The molecule has 4 fully saturated rings. The lowest BCUT2D eigenvalue weighted by Crippen LogP contribution is -2.63. The number of anilines is 1. The van der Waals surface area contributed by atoms with Crippen LogP contribution in [0.2, 0.25) is 0 Å². The molecule has 7 rings (SSSR count). The summed E-state index contributed by atoms with van der Waals surface area (Å²) in [6.45, 7) is 6.35. The summed E-state index contributed by atoms with van der Waals surface area (Å²) in [7, 11) is 0. The molecule has 1 atom stereocenters. The number of hydrogen-bond acceptors (Lipinski definition) is 9. The summed E-state index contributed by atoms with van der Waals surface area (Å²) in [4.78, 5) is 18.2. The second-order valence-corrected chi connectivity index (χ2v) is 11.7. The fourth-order valence-corrected chi connectivity index (χ4v) is 6.55. The van der Waals surface area contributed by atoms with Gasteiger partial charge < -0.3 is 15.4 Å². The molecule has 0 unspecified atom stereocenters. The Morgan fingerprint density at radius 3 is 2.74 bits per heavy atom. The minimum absolute atomic E-state index is 0.268. The number of nitrogens with zero attached hydrogens (tertiary/aromatic N) is 7. The summed E-state index contributed by atoms with van der Waals surface area (Å²) in [5.41, 5.74) is 8.63. The molecule has 2 aliphatic heterocycles. The van der Waals surface area contributed by atoms with Crippen LogP contribution >= 0.6 is 0 Å². The van der Waals surface area contributed by atoms with Gasteiger partial charge in [0.1, 0.15) is 24.2 Å². The molecule has 2 aliphatic carbocycles. The minimum Gasteiger partial charge on any atom is -0.434 e. The van der Waals surface area contributed by atoms with Crippen molar-refractivity contribution in [1.82, 2.24) is 30.0 Å². The molecular formula is C28H33FN8O. The van der Waals surface area contributed by atoms with Crippen LogP contribution in [0.5, 0.6) is 11.6 Å². The van der Waals surface area contributed by atoms with E-state index in [0.29, 0.717) is 41.0 Å². The first-order chi connectivity index (χ1) is 18.5. The summed E-state index contributed by atoms with van der Waals surface area (Å²) >= 11 is 0. The summed E-state index contributed by atoms with van der Waals surface area (Å²) in [6.07, 6.45) is 10.3. The zero-order chi connectivity index (χ0) is 25.9. The summed E-state index contributed by atoms with van der Waals surface area (Å²) < 4.78 is 20.7. The Bertz CT molecular complexity index is 1340. The Balaban J connectivity index is 1.11. The third-order valence-electron chi connectivity index (χ3n) is 9.00. The van der Waals surface area contributed by atoms with Crippen molar-refractivity contribution < 1.29 is 9.13 Å². The van der Waals surface area contributed by atoms with Gasteiger partial charge in [0, 0.05) is 66.9 Å². The Morgan fingerprint density at radius 1 is 1.11 bits per heavy atom. The van der Waals surface area contributed by atoms with Crippen molar-refractivity contribution in [2.24, 2.45) is 17.1 Å². The fourth-order valence-electron chi connectivity index (χ4n) is 6.55. The maximum atomic E-state index is 14.4. The standard InChI is InChI=1S/C28H33FN8O/c1-17(19-8-21(30)9-19)37-13-28(14-37)6-7-36(12-28)26-27(35-34-16-33-26)38-24-5-4-20(29)10-22(24)23-11-31-15-32-25(23)18-2-3-18/h4-5,10-11,15-19,21H,2-3,6-9,12-14,30H2,1H3/t17-,19?,21?/m0/s1. The Morgan fingerprint density at radius 2 is 1.95 bits per heavy atom. The van der Waals surface area contributed by atoms with E-state index in [2.05, 4.69) is 41.9 Å². The molecule has 2 saturated heterocycles. The molecule has 1 aromatic carbocycles. The lowest BCUT2D eigenvalue weighted by atomic mass is 9.72. The summed E-state index contributed by atoms with van der Waals surface area (Å²) in [5, 5.41) is 8.31. The first kappa shape index (κ1) is 23.8. The Kier molecular flexibility index (Phi) is 5.77. The van der Waals surface area contributed by atoms with Crippen molar-refractivity contribution in [3.63, 3.8) is 0 Å². The van der Waals surface area contributed by atoms with Gasteiger partial charge in [-0.05, 0) is 63.1 Å². The number of halogens is 1. The number of rotatable bonds is 7. The van der Waals surface area contributed by atoms with E-state index in [0.717, 1.165) is 75.5 Å². The van der Waals surface area contributed by atoms with E-state index in [9.17, 15) is 4.39 Å². The molecule has 3 aromatic rings. The molecule has 0 radical (unpaired) electrons. The van der Waals surface area contributed by atoms with Crippen molar-refractivity contribution in [2.45, 2.75) is 57.0 Å². The van der Waals surface area contributed by atoms with Crippen LogP contribution in [0.1, 0.15) is 50.6 Å². The molecule has 9 nitrogen and oxygen atoms in total. The largest absolute Gasteiger partial charge is 0.434 e. The smallest absolute Gasteiger partial charge is 0.282 e. The van der Waals surface area contributed by atoms with Crippen molar-refractivity contribution in [1.29, 1.82) is 0 Å². The van der Waals surface area contributed by atoms with Gasteiger partial charge in [-0.3, -0.25) is 4.90 Å². The van der Waals surface area contributed by atoms with Gasteiger partial charge in [0.15, 0.2) is 5.82 Å². The zero-order valence-electron chi connectivity index (χ0n) is 21.6. The first-order valence-corrected chi connectivity index (χ1v) is 13.7. The highest BCUT2D eigenvalue weighted by molar-refractivity contribution is 5.73. The Hall–Kier alpha value is -3.24. The number of likely N-dealkylation sites (tertiary alicyclic amines) is 1. The minimum atomic E-state index is -0.343. The van der Waals surface area contributed by atoms with Gasteiger partial charge in [-0.15, -0.1) is 10.2 Å². The summed E-state index contributed by atoms with van der Waals surface area (Å²) in [6, 6.07) is 5.49. The van der Waals surface area contributed by atoms with Crippen molar-refractivity contribution >= 4 is 5.82 Å². The normalized spacial score (nSPS) is 25.2. The highest BCUT2D eigenvalue weighted by atomic mass is 19.1. The van der Waals surface area contributed by atoms with E-state index in [4.69, 9.17) is 10.5 Å². The second-order valence-electron chi connectivity index (χ2n) is 11.7. The monoisotopic (exact) mass is 516 g/mol. The van der Waals surface area contributed by atoms with Crippen LogP contribution in [0.3, 0.4) is 0 Å². The molecule has 1 spiro atoms. The molecule has 2 N–H and O–H groups in total. The average molecular weight is 517 g/mol. The highest BCUT2D eigenvalue weighted by Gasteiger charge is 2.51. The van der Waals surface area contributed by atoms with Gasteiger partial charge in [-0.1, -0.05) is 0 Å². The average Bonchev–Trinajstić information content (AvgIpc) is 3.64. The summed E-state index contributed by atoms with van der Waals surface area (Å²) in [5.74, 6) is 2.26. The maximum Gasteiger partial charge on any atom is 0.282 e. The van der Waals surface area contributed by atoms with Crippen LogP contribution in [0.4, 0.5) is 10.2 Å². The maximum absolute atomic E-state index is 14.4. The molecule has 198 valence electrons. The van der Waals surface area contributed by atoms with Crippen molar-refractivity contribution in [2.75, 3.05) is 31.1 Å². The number of benzene rings is 1. The van der Waals surface area contributed by atoms with E-state index in [-0.39, 0.29) is 11.2 Å². The topological polar surface area (TPSA) is 106 Å². The number of hydrogen-bond donors (Lipinski definition) is 1. The van der Waals surface area contributed by atoms with Crippen LogP contribution < -0.4 is 15.4 Å². The molecule has 38 heavy (non-hydrogen) atoms. The van der Waals surface area contributed by atoms with Gasteiger partial charge >= 0.3 is 0 Å². The third-order valence-corrected chi connectivity index (χ3v) is 9.00. The van der Waals surface area contributed by atoms with Crippen LogP contribution in [-0.4, -0.2) is 68.3 Å². The predicted molar refractivity (Wildman–Crippen MR) is 140 cm³/mol. The molecule has 2 aromatic heterocycles. The number of nitrogens with two attached hydrogens (primary N) is 1. The van der Waals surface area contributed by atoms with Crippen LogP contribution in [0.15, 0.2) is 37.1 Å². The lowest BCUT2D eigenvalue weighted by Gasteiger charge is -2.54. The lowest BCUT2D eigenvalue weighted by molar-refractivity contribution is -0.0439. The van der Waals surface area contributed by atoms with E-state index < -0.39 is 0 Å². The molecule has 2 saturated carbocycles. The van der Waals surface area contributed by atoms with Crippen LogP contribution in [-0.2, 0) is 0 Å². The molecule has 0 amide bonds. The molecular weight excluding hydrogens is 483 g/mol. The van der Waals surface area contributed by atoms with Gasteiger partial charge in [0.25, 0.3) is 5.88 Å².